The first-order valence-corrected chi connectivity index (χ1v) is 8.73. The first kappa shape index (κ1) is 14.5. The van der Waals surface area contributed by atoms with Crippen molar-refractivity contribution in [3.05, 3.63) is 34.6 Å². The van der Waals surface area contributed by atoms with E-state index in [1.807, 2.05) is 0 Å². The van der Waals surface area contributed by atoms with Gasteiger partial charge in [0.15, 0.2) is 10.8 Å². The van der Waals surface area contributed by atoms with E-state index < -0.39 is 10.0 Å². The van der Waals surface area contributed by atoms with Gasteiger partial charge in [0.1, 0.15) is 0 Å². The quantitative estimate of drug-likeness (QED) is 0.716. The van der Waals surface area contributed by atoms with Crippen molar-refractivity contribution in [3.8, 4) is 0 Å². The molecule has 0 unspecified atom stereocenters. The Labute approximate surface area is 130 Å². The van der Waals surface area contributed by atoms with Crippen LogP contribution in [0.1, 0.15) is 18.4 Å². The van der Waals surface area contributed by atoms with Gasteiger partial charge in [-0.05, 0) is 40.9 Å². The third kappa shape index (κ3) is 3.42. The number of sulfonamides is 1. The third-order valence-electron chi connectivity index (χ3n) is 3.09. The highest BCUT2D eigenvalue weighted by Gasteiger charge is 2.25. The van der Waals surface area contributed by atoms with Crippen molar-refractivity contribution in [2.24, 2.45) is 0 Å². The standard InChI is InChI=1S/C12H14BrN5O2S/c13-10-2-1-5-14-11(10)18-21(19,20)12-8(7-16-17-12)6-15-9-3-4-9/h1-2,5,7,9,15H,3-4,6H2,(H,14,18)(H,16,17). The van der Waals surface area contributed by atoms with Crippen molar-refractivity contribution < 1.29 is 8.42 Å². The predicted molar refractivity (Wildman–Crippen MR) is 81.2 cm³/mol. The lowest BCUT2D eigenvalue weighted by Crippen LogP contribution is -2.20. The number of aromatic amines is 1. The van der Waals surface area contributed by atoms with E-state index >= 15 is 0 Å². The topological polar surface area (TPSA) is 99.8 Å². The van der Waals surface area contributed by atoms with Crippen LogP contribution in [0.4, 0.5) is 5.82 Å². The molecule has 0 aliphatic heterocycles. The Morgan fingerprint density at radius 1 is 1.43 bits per heavy atom. The van der Waals surface area contributed by atoms with Crippen LogP contribution in [0, 0.1) is 0 Å². The van der Waals surface area contributed by atoms with Crippen molar-refractivity contribution in [1.82, 2.24) is 20.5 Å². The monoisotopic (exact) mass is 371 g/mol. The van der Waals surface area contributed by atoms with Gasteiger partial charge in [-0.2, -0.15) is 13.5 Å². The fourth-order valence-electron chi connectivity index (χ4n) is 1.84. The molecule has 2 aromatic heterocycles. The normalized spacial score (nSPS) is 15.1. The molecule has 112 valence electrons. The van der Waals surface area contributed by atoms with Crippen LogP contribution in [-0.4, -0.2) is 29.6 Å². The summed E-state index contributed by atoms with van der Waals surface area (Å²) in [5.41, 5.74) is 0.612. The second-order valence-electron chi connectivity index (χ2n) is 4.82. The van der Waals surface area contributed by atoms with E-state index in [9.17, 15) is 8.42 Å². The predicted octanol–water partition coefficient (Wildman–Crippen LogP) is 1.62. The van der Waals surface area contributed by atoms with Gasteiger partial charge in [0.25, 0.3) is 10.0 Å². The molecule has 1 aliphatic rings. The van der Waals surface area contributed by atoms with Crippen molar-refractivity contribution >= 4 is 31.8 Å². The Morgan fingerprint density at radius 2 is 2.24 bits per heavy atom. The van der Waals surface area contributed by atoms with Gasteiger partial charge in [-0.15, -0.1) is 0 Å². The first-order valence-electron chi connectivity index (χ1n) is 6.45. The van der Waals surface area contributed by atoms with Crippen LogP contribution in [0.15, 0.2) is 34.0 Å². The van der Waals surface area contributed by atoms with Gasteiger partial charge < -0.3 is 5.32 Å². The summed E-state index contributed by atoms with van der Waals surface area (Å²) in [5.74, 6) is 0.244. The molecule has 1 aliphatic carbocycles. The second-order valence-corrected chi connectivity index (χ2v) is 7.29. The Balaban J connectivity index is 1.81. The molecule has 0 saturated heterocycles. The van der Waals surface area contributed by atoms with Crippen molar-refractivity contribution in [2.75, 3.05) is 4.72 Å². The molecule has 21 heavy (non-hydrogen) atoms. The number of nitrogens with one attached hydrogen (secondary N) is 3. The highest BCUT2D eigenvalue weighted by molar-refractivity contribution is 9.10. The summed E-state index contributed by atoms with van der Waals surface area (Å²) in [4.78, 5) is 4.00. The molecule has 7 nitrogen and oxygen atoms in total. The number of H-pyrrole nitrogens is 1. The molecule has 1 saturated carbocycles. The molecule has 2 aromatic rings. The van der Waals surface area contributed by atoms with Crippen LogP contribution in [0.2, 0.25) is 0 Å². The summed E-state index contributed by atoms with van der Waals surface area (Å²) in [5, 5.41) is 9.71. The highest BCUT2D eigenvalue weighted by Crippen LogP contribution is 2.24. The molecule has 3 rings (SSSR count). The second kappa shape index (κ2) is 5.74. The Morgan fingerprint density at radius 3 is 2.95 bits per heavy atom. The molecule has 0 atom stereocenters. The van der Waals surface area contributed by atoms with Gasteiger partial charge in [0.2, 0.25) is 0 Å². The SMILES string of the molecule is O=S(=O)(Nc1ncccc1Br)c1[nH]ncc1CNC1CC1. The van der Waals surface area contributed by atoms with Crippen LogP contribution < -0.4 is 10.0 Å². The number of pyridine rings is 1. The molecular weight excluding hydrogens is 358 g/mol. The fourth-order valence-corrected chi connectivity index (χ4v) is 3.49. The maximum Gasteiger partial charge on any atom is 0.280 e. The van der Waals surface area contributed by atoms with Crippen molar-refractivity contribution in [1.29, 1.82) is 0 Å². The fraction of sp³-hybridized carbons (Fsp3) is 0.333. The largest absolute Gasteiger partial charge is 0.310 e. The Kier molecular flexibility index (Phi) is 3.96. The molecule has 0 amide bonds. The third-order valence-corrected chi connectivity index (χ3v) is 5.09. The van der Waals surface area contributed by atoms with E-state index in [0.717, 1.165) is 12.8 Å². The van der Waals surface area contributed by atoms with Crippen LogP contribution in [0.5, 0.6) is 0 Å². The van der Waals surface area contributed by atoms with Crippen LogP contribution in [0.3, 0.4) is 0 Å². The summed E-state index contributed by atoms with van der Waals surface area (Å²) in [6.07, 6.45) is 5.32. The van der Waals surface area contributed by atoms with Gasteiger partial charge in [-0.25, -0.2) is 4.98 Å². The number of aromatic nitrogens is 3. The minimum atomic E-state index is -3.75. The van der Waals surface area contributed by atoms with E-state index in [-0.39, 0.29) is 10.8 Å². The zero-order chi connectivity index (χ0) is 14.9. The average molecular weight is 372 g/mol. The molecule has 0 aromatic carbocycles. The zero-order valence-electron chi connectivity index (χ0n) is 11.0. The smallest absolute Gasteiger partial charge is 0.280 e. The van der Waals surface area contributed by atoms with Gasteiger partial charge in [-0.3, -0.25) is 9.82 Å². The molecule has 2 heterocycles. The maximum atomic E-state index is 12.4. The molecule has 9 heteroatoms. The van der Waals surface area contributed by atoms with Gasteiger partial charge in [0.05, 0.1) is 10.7 Å². The van der Waals surface area contributed by atoms with Gasteiger partial charge in [0, 0.05) is 24.3 Å². The van der Waals surface area contributed by atoms with Crippen molar-refractivity contribution in [2.45, 2.75) is 30.5 Å². The summed E-state index contributed by atoms with van der Waals surface area (Å²) < 4.78 is 27.9. The Bertz CT molecular complexity index is 742. The maximum absolute atomic E-state index is 12.4. The number of rotatable bonds is 6. The summed E-state index contributed by atoms with van der Waals surface area (Å²) in [7, 11) is -3.75. The first-order chi connectivity index (χ1) is 10.1. The minimum Gasteiger partial charge on any atom is -0.310 e. The van der Waals surface area contributed by atoms with Gasteiger partial charge >= 0.3 is 0 Å². The molecule has 1 fully saturated rings. The molecule has 3 N–H and O–H groups in total. The molecule has 0 spiro atoms. The summed E-state index contributed by atoms with van der Waals surface area (Å²) in [6, 6.07) is 3.92. The van der Waals surface area contributed by atoms with Crippen molar-refractivity contribution in [3.63, 3.8) is 0 Å². The minimum absolute atomic E-state index is 0.0632. The van der Waals surface area contributed by atoms with Gasteiger partial charge in [-0.1, -0.05) is 0 Å². The van der Waals surface area contributed by atoms with Crippen LogP contribution >= 0.6 is 15.9 Å². The number of nitrogens with zero attached hydrogens (tertiary/aromatic N) is 2. The van der Waals surface area contributed by atoms with E-state index in [2.05, 4.69) is 41.2 Å². The highest BCUT2D eigenvalue weighted by atomic mass is 79.9. The van der Waals surface area contributed by atoms with E-state index in [0.29, 0.717) is 22.6 Å². The lowest BCUT2D eigenvalue weighted by molar-refractivity contribution is 0.593. The average Bonchev–Trinajstić information content (AvgIpc) is 3.15. The molecular formula is C12H14BrN5O2S. The van der Waals surface area contributed by atoms with E-state index in [1.165, 1.54) is 12.4 Å². The summed E-state index contributed by atoms with van der Waals surface area (Å²) >= 11 is 3.26. The Hall–Kier alpha value is -1.45. The van der Waals surface area contributed by atoms with Crippen LogP contribution in [0.25, 0.3) is 0 Å². The lowest BCUT2D eigenvalue weighted by Gasteiger charge is -2.09. The number of hydrogen-bond donors (Lipinski definition) is 3. The number of halogens is 1. The summed E-state index contributed by atoms with van der Waals surface area (Å²) in [6.45, 7) is 0.473. The van der Waals surface area contributed by atoms with Crippen LogP contribution in [-0.2, 0) is 16.6 Å². The number of hydrogen-bond acceptors (Lipinski definition) is 5. The molecule has 0 bridgehead atoms. The zero-order valence-corrected chi connectivity index (χ0v) is 13.4. The lowest BCUT2D eigenvalue weighted by atomic mass is 10.3. The number of anilines is 1. The van der Waals surface area contributed by atoms with E-state index in [1.54, 1.807) is 12.1 Å². The van der Waals surface area contributed by atoms with E-state index in [4.69, 9.17) is 0 Å². The molecule has 0 radical (unpaired) electrons.